The van der Waals surface area contributed by atoms with Crippen LogP contribution in [-0.2, 0) is 6.61 Å². The number of pyridine rings is 1. The highest BCUT2D eigenvalue weighted by Gasteiger charge is 2.08. The standard InChI is InChI=1S/C13H11FN2O3/c14-10-3-8(5-16-6-10)7-19-12-4-9(13(17)18)1-2-11(12)15/h1-6H,7,15H2,(H,17,18). The normalized spacial score (nSPS) is 10.2. The van der Waals surface area contributed by atoms with Gasteiger partial charge in [0.1, 0.15) is 18.2 Å². The van der Waals surface area contributed by atoms with Crippen molar-refractivity contribution in [1.82, 2.24) is 4.98 Å². The van der Waals surface area contributed by atoms with E-state index in [0.29, 0.717) is 11.3 Å². The minimum atomic E-state index is -1.07. The minimum absolute atomic E-state index is 0.0536. The molecule has 1 aromatic heterocycles. The summed E-state index contributed by atoms with van der Waals surface area (Å²) >= 11 is 0. The Kier molecular flexibility index (Phi) is 3.61. The first-order valence-corrected chi connectivity index (χ1v) is 5.41. The third-order valence-electron chi connectivity index (χ3n) is 2.42. The molecule has 0 bridgehead atoms. The van der Waals surface area contributed by atoms with Crippen molar-refractivity contribution in [3.63, 3.8) is 0 Å². The van der Waals surface area contributed by atoms with Crippen molar-refractivity contribution >= 4 is 11.7 Å². The van der Waals surface area contributed by atoms with Crippen LogP contribution in [0.3, 0.4) is 0 Å². The molecule has 19 heavy (non-hydrogen) atoms. The first kappa shape index (κ1) is 12.8. The lowest BCUT2D eigenvalue weighted by Crippen LogP contribution is -2.02. The third kappa shape index (κ3) is 3.19. The summed E-state index contributed by atoms with van der Waals surface area (Å²) in [6.07, 6.45) is 2.54. The van der Waals surface area contributed by atoms with E-state index in [1.807, 2.05) is 0 Å². The number of nitrogens with zero attached hydrogens (tertiary/aromatic N) is 1. The number of carboxylic acid groups (broad SMARTS) is 1. The minimum Gasteiger partial charge on any atom is -0.487 e. The Balaban J connectivity index is 2.15. The van der Waals surface area contributed by atoms with Gasteiger partial charge in [-0.3, -0.25) is 4.98 Å². The van der Waals surface area contributed by atoms with Gasteiger partial charge in [-0.2, -0.15) is 0 Å². The second kappa shape index (κ2) is 5.34. The van der Waals surface area contributed by atoms with Gasteiger partial charge in [-0.25, -0.2) is 9.18 Å². The summed E-state index contributed by atoms with van der Waals surface area (Å²) < 4.78 is 18.3. The number of hydrogen-bond acceptors (Lipinski definition) is 4. The van der Waals surface area contributed by atoms with Crippen LogP contribution in [0.15, 0.2) is 36.7 Å². The van der Waals surface area contributed by atoms with Gasteiger partial charge in [-0.1, -0.05) is 0 Å². The summed E-state index contributed by atoms with van der Waals surface area (Å²) in [6, 6.07) is 5.44. The molecule has 0 fully saturated rings. The Labute approximate surface area is 108 Å². The number of carbonyl (C=O) groups is 1. The Bertz CT molecular complexity index is 617. The fourth-order valence-electron chi connectivity index (χ4n) is 1.49. The smallest absolute Gasteiger partial charge is 0.335 e. The molecular formula is C13H11FN2O3. The number of hydrogen-bond donors (Lipinski definition) is 2. The molecule has 6 heteroatoms. The van der Waals surface area contributed by atoms with E-state index in [9.17, 15) is 9.18 Å². The quantitative estimate of drug-likeness (QED) is 0.824. The van der Waals surface area contributed by atoms with Crippen molar-refractivity contribution in [2.45, 2.75) is 6.61 Å². The van der Waals surface area contributed by atoms with E-state index < -0.39 is 11.8 Å². The molecule has 0 atom stereocenters. The summed E-state index contributed by atoms with van der Waals surface area (Å²) in [4.78, 5) is 14.5. The predicted molar refractivity (Wildman–Crippen MR) is 66.3 cm³/mol. The van der Waals surface area contributed by atoms with E-state index >= 15 is 0 Å². The topological polar surface area (TPSA) is 85.4 Å². The largest absolute Gasteiger partial charge is 0.487 e. The molecule has 0 spiro atoms. The summed E-state index contributed by atoms with van der Waals surface area (Å²) in [5, 5.41) is 8.87. The molecule has 0 saturated heterocycles. The van der Waals surface area contributed by atoms with Crippen LogP contribution < -0.4 is 10.5 Å². The number of halogens is 1. The van der Waals surface area contributed by atoms with Crippen molar-refractivity contribution in [3.8, 4) is 5.75 Å². The molecule has 0 aliphatic carbocycles. The zero-order chi connectivity index (χ0) is 13.8. The monoisotopic (exact) mass is 262 g/mol. The average Bonchev–Trinajstić information content (AvgIpc) is 2.37. The third-order valence-corrected chi connectivity index (χ3v) is 2.42. The molecule has 5 nitrogen and oxygen atoms in total. The van der Waals surface area contributed by atoms with E-state index in [1.165, 1.54) is 30.5 Å². The second-order valence-electron chi connectivity index (χ2n) is 3.86. The zero-order valence-electron chi connectivity index (χ0n) is 9.84. The summed E-state index contributed by atoms with van der Waals surface area (Å²) in [6.45, 7) is 0.0536. The molecule has 1 heterocycles. The number of nitrogen functional groups attached to an aromatic ring is 1. The molecule has 0 saturated carbocycles. The predicted octanol–water partition coefficient (Wildman–Crippen LogP) is 2.08. The van der Waals surface area contributed by atoms with Gasteiger partial charge in [0.25, 0.3) is 0 Å². The van der Waals surface area contributed by atoms with Crippen LogP contribution in [0.5, 0.6) is 5.75 Å². The van der Waals surface area contributed by atoms with Crippen LogP contribution in [-0.4, -0.2) is 16.1 Å². The summed E-state index contributed by atoms with van der Waals surface area (Å²) in [5.74, 6) is -1.30. The van der Waals surface area contributed by atoms with E-state index in [4.69, 9.17) is 15.6 Å². The highest BCUT2D eigenvalue weighted by atomic mass is 19.1. The van der Waals surface area contributed by atoms with Gasteiger partial charge in [-0.05, 0) is 24.3 Å². The van der Waals surface area contributed by atoms with Gasteiger partial charge < -0.3 is 15.6 Å². The molecule has 0 unspecified atom stereocenters. The molecule has 0 aliphatic heterocycles. The van der Waals surface area contributed by atoms with Gasteiger partial charge in [0.2, 0.25) is 0 Å². The number of aromatic carboxylic acids is 1. The number of rotatable bonds is 4. The molecule has 0 amide bonds. The molecule has 0 aliphatic rings. The molecule has 0 radical (unpaired) electrons. The van der Waals surface area contributed by atoms with Crippen molar-refractivity contribution in [2.75, 3.05) is 5.73 Å². The fraction of sp³-hybridized carbons (Fsp3) is 0.0769. The van der Waals surface area contributed by atoms with E-state index in [0.717, 1.165) is 6.20 Å². The second-order valence-corrected chi connectivity index (χ2v) is 3.86. The van der Waals surface area contributed by atoms with Gasteiger partial charge in [0, 0.05) is 11.8 Å². The van der Waals surface area contributed by atoms with Crippen LogP contribution in [0.2, 0.25) is 0 Å². The van der Waals surface area contributed by atoms with Crippen LogP contribution in [0.4, 0.5) is 10.1 Å². The first-order valence-electron chi connectivity index (χ1n) is 5.41. The number of benzene rings is 1. The number of ether oxygens (including phenoxy) is 1. The average molecular weight is 262 g/mol. The maximum absolute atomic E-state index is 12.9. The Morgan fingerprint density at radius 3 is 2.84 bits per heavy atom. The van der Waals surface area contributed by atoms with Crippen molar-refractivity contribution in [3.05, 3.63) is 53.6 Å². The molecule has 98 valence electrons. The lowest BCUT2D eigenvalue weighted by atomic mass is 10.2. The molecule has 3 N–H and O–H groups in total. The maximum Gasteiger partial charge on any atom is 0.335 e. The zero-order valence-corrected chi connectivity index (χ0v) is 9.84. The van der Waals surface area contributed by atoms with Crippen molar-refractivity contribution in [2.24, 2.45) is 0 Å². The molecular weight excluding hydrogens is 251 g/mol. The highest BCUT2D eigenvalue weighted by molar-refractivity contribution is 5.89. The number of nitrogens with two attached hydrogens (primary N) is 1. The lowest BCUT2D eigenvalue weighted by molar-refractivity contribution is 0.0696. The first-order chi connectivity index (χ1) is 9.06. The Hall–Kier alpha value is -2.63. The fourth-order valence-corrected chi connectivity index (χ4v) is 1.49. The van der Waals surface area contributed by atoms with Gasteiger partial charge in [0.15, 0.2) is 0 Å². The SMILES string of the molecule is Nc1ccc(C(=O)O)cc1OCc1cncc(F)c1. The Morgan fingerprint density at radius 2 is 2.16 bits per heavy atom. The van der Waals surface area contributed by atoms with Gasteiger partial charge in [-0.15, -0.1) is 0 Å². The van der Waals surface area contributed by atoms with E-state index in [1.54, 1.807) is 0 Å². The summed E-state index contributed by atoms with van der Waals surface area (Å²) in [5.41, 5.74) is 6.59. The van der Waals surface area contributed by atoms with Gasteiger partial charge >= 0.3 is 5.97 Å². The summed E-state index contributed by atoms with van der Waals surface area (Å²) in [7, 11) is 0. The highest BCUT2D eigenvalue weighted by Crippen LogP contribution is 2.23. The molecule has 2 rings (SSSR count). The van der Waals surface area contributed by atoms with Crippen molar-refractivity contribution in [1.29, 1.82) is 0 Å². The van der Waals surface area contributed by atoms with E-state index in [-0.39, 0.29) is 17.9 Å². The van der Waals surface area contributed by atoms with Gasteiger partial charge in [0.05, 0.1) is 17.4 Å². The molecule has 1 aromatic carbocycles. The van der Waals surface area contributed by atoms with Crippen LogP contribution in [0.25, 0.3) is 0 Å². The van der Waals surface area contributed by atoms with Crippen LogP contribution in [0.1, 0.15) is 15.9 Å². The molecule has 2 aromatic rings. The number of anilines is 1. The number of carboxylic acids is 1. The Morgan fingerprint density at radius 1 is 1.37 bits per heavy atom. The van der Waals surface area contributed by atoms with Crippen LogP contribution in [0, 0.1) is 5.82 Å². The van der Waals surface area contributed by atoms with Crippen LogP contribution >= 0.6 is 0 Å². The van der Waals surface area contributed by atoms with Crippen molar-refractivity contribution < 1.29 is 19.0 Å². The maximum atomic E-state index is 12.9. The number of aromatic nitrogens is 1. The lowest BCUT2D eigenvalue weighted by Gasteiger charge is -2.09. The van der Waals surface area contributed by atoms with E-state index in [2.05, 4.69) is 4.98 Å².